The van der Waals surface area contributed by atoms with Crippen LogP contribution in [0.2, 0.25) is 0 Å². The Morgan fingerprint density at radius 2 is 2.38 bits per heavy atom. The van der Waals surface area contributed by atoms with Crippen molar-refractivity contribution < 1.29 is 0 Å². The molecular weight excluding hydrogens is 100 g/mol. The standard InChI is InChI=1S/C6H10N2/c1-8-6(4-7)5-2-3-5/h5-6,8H,2-3H2,1H3. The quantitative estimate of drug-likeness (QED) is 0.562. The molecule has 1 unspecified atom stereocenters. The zero-order chi connectivity index (χ0) is 5.98. The molecule has 1 aliphatic rings. The fourth-order valence-corrected chi connectivity index (χ4v) is 0.835. The maximum absolute atomic E-state index is 8.42. The molecule has 0 aromatic carbocycles. The highest BCUT2D eigenvalue weighted by molar-refractivity contribution is 4.99. The summed E-state index contributed by atoms with van der Waals surface area (Å²) in [6.07, 6.45) is 2.47. The van der Waals surface area contributed by atoms with Crippen LogP contribution in [0.15, 0.2) is 0 Å². The second kappa shape index (κ2) is 2.15. The average Bonchev–Trinajstić information content (AvgIpc) is 2.53. The first-order valence-corrected chi connectivity index (χ1v) is 2.95. The van der Waals surface area contributed by atoms with Gasteiger partial charge in [0.2, 0.25) is 0 Å². The molecule has 2 heteroatoms. The predicted octanol–water partition coefficient (Wildman–Crippen LogP) is 0.508. The molecule has 1 N–H and O–H groups in total. The Hall–Kier alpha value is -0.550. The van der Waals surface area contributed by atoms with E-state index in [1.54, 1.807) is 0 Å². The van der Waals surface area contributed by atoms with Crippen molar-refractivity contribution in [2.45, 2.75) is 18.9 Å². The second-order valence-electron chi connectivity index (χ2n) is 2.23. The van der Waals surface area contributed by atoms with Gasteiger partial charge in [-0.15, -0.1) is 0 Å². The van der Waals surface area contributed by atoms with E-state index < -0.39 is 0 Å². The number of rotatable bonds is 2. The van der Waals surface area contributed by atoms with Gasteiger partial charge in [-0.05, 0) is 25.8 Å². The van der Waals surface area contributed by atoms with Crippen LogP contribution in [0, 0.1) is 17.2 Å². The molecule has 0 aromatic rings. The Bertz CT molecular complexity index is 110. The molecule has 1 atom stereocenters. The SMILES string of the molecule is CNC(C#N)C1CC1. The van der Waals surface area contributed by atoms with Gasteiger partial charge in [-0.2, -0.15) is 5.26 Å². The van der Waals surface area contributed by atoms with Gasteiger partial charge in [0.1, 0.15) is 0 Å². The first kappa shape index (κ1) is 5.58. The van der Waals surface area contributed by atoms with Gasteiger partial charge in [-0.3, -0.25) is 0 Å². The summed E-state index contributed by atoms with van der Waals surface area (Å²) < 4.78 is 0. The Morgan fingerprint density at radius 1 is 1.75 bits per heavy atom. The molecule has 44 valence electrons. The molecule has 1 saturated carbocycles. The number of hydrogen-bond donors (Lipinski definition) is 1. The number of nitriles is 1. The zero-order valence-electron chi connectivity index (χ0n) is 5.02. The molecule has 1 aliphatic carbocycles. The van der Waals surface area contributed by atoms with Crippen LogP contribution in [-0.4, -0.2) is 13.1 Å². The highest BCUT2D eigenvalue weighted by Crippen LogP contribution is 2.31. The lowest BCUT2D eigenvalue weighted by molar-refractivity contribution is 0.608. The maximum Gasteiger partial charge on any atom is 0.0979 e. The first-order valence-electron chi connectivity index (χ1n) is 2.95. The Kier molecular flexibility index (Phi) is 1.50. The Labute approximate surface area is 49.5 Å². The largest absolute Gasteiger partial charge is 0.305 e. The van der Waals surface area contributed by atoms with Gasteiger partial charge in [0, 0.05) is 0 Å². The van der Waals surface area contributed by atoms with Crippen molar-refractivity contribution >= 4 is 0 Å². The van der Waals surface area contributed by atoms with Crippen molar-refractivity contribution in [2.75, 3.05) is 7.05 Å². The Morgan fingerprint density at radius 3 is 2.50 bits per heavy atom. The van der Waals surface area contributed by atoms with Gasteiger partial charge in [0.15, 0.2) is 0 Å². The van der Waals surface area contributed by atoms with E-state index in [9.17, 15) is 0 Å². The van der Waals surface area contributed by atoms with E-state index in [4.69, 9.17) is 5.26 Å². The zero-order valence-corrected chi connectivity index (χ0v) is 5.02. The molecule has 8 heavy (non-hydrogen) atoms. The van der Waals surface area contributed by atoms with Crippen LogP contribution < -0.4 is 5.32 Å². The van der Waals surface area contributed by atoms with Crippen LogP contribution in [-0.2, 0) is 0 Å². The fraction of sp³-hybridized carbons (Fsp3) is 0.833. The number of nitrogens with zero attached hydrogens (tertiary/aromatic N) is 1. The summed E-state index contributed by atoms with van der Waals surface area (Å²) in [5.41, 5.74) is 0. The van der Waals surface area contributed by atoms with E-state index in [2.05, 4.69) is 11.4 Å². The molecule has 0 radical (unpaired) electrons. The van der Waals surface area contributed by atoms with Gasteiger partial charge >= 0.3 is 0 Å². The molecule has 1 fully saturated rings. The fourth-order valence-electron chi connectivity index (χ4n) is 0.835. The molecule has 2 nitrogen and oxygen atoms in total. The first-order chi connectivity index (χ1) is 3.88. The topological polar surface area (TPSA) is 35.8 Å². The van der Waals surface area contributed by atoms with Crippen molar-refractivity contribution in [2.24, 2.45) is 5.92 Å². The minimum atomic E-state index is 0.120. The molecule has 0 saturated heterocycles. The number of nitrogens with one attached hydrogen (secondary N) is 1. The monoisotopic (exact) mass is 110 g/mol. The van der Waals surface area contributed by atoms with E-state index >= 15 is 0 Å². The van der Waals surface area contributed by atoms with E-state index in [1.807, 2.05) is 7.05 Å². The minimum absolute atomic E-state index is 0.120. The smallest absolute Gasteiger partial charge is 0.0979 e. The van der Waals surface area contributed by atoms with Crippen LogP contribution in [0.3, 0.4) is 0 Å². The van der Waals surface area contributed by atoms with Crippen LogP contribution in [0.1, 0.15) is 12.8 Å². The summed E-state index contributed by atoms with van der Waals surface area (Å²) >= 11 is 0. The van der Waals surface area contributed by atoms with E-state index in [1.165, 1.54) is 12.8 Å². The molecule has 0 aliphatic heterocycles. The third-order valence-electron chi connectivity index (χ3n) is 1.54. The molecule has 0 amide bonds. The van der Waals surface area contributed by atoms with Crippen molar-refractivity contribution in [3.63, 3.8) is 0 Å². The summed E-state index contributed by atoms with van der Waals surface area (Å²) in [5.74, 6) is 0.657. The van der Waals surface area contributed by atoms with Crippen LogP contribution >= 0.6 is 0 Å². The Balaban J connectivity index is 2.29. The third-order valence-corrected chi connectivity index (χ3v) is 1.54. The van der Waals surface area contributed by atoms with Crippen molar-refractivity contribution in [1.29, 1.82) is 5.26 Å². The van der Waals surface area contributed by atoms with Gasteiger partial charge in [0.05, 0.1) is 12.1 Å². The second-order valence-corrected chi connectivity index (χ2v) is 2.23. The summed E-state index contributed by atoms with van der Waals surface area (Å²) in [6, 6.07) is 2.32. The summed E-state index contributed by atoms with van der Waals surface area (Å²) in [7, 11) is 1.84. The predicted molar refractivity (Wildman–Crippen MR) is 31.2 cm³/mol. The molecule has 0 spiro atoms. The van der Waals surface area contributed by atoms with Crippen LogP contribution in [0.4, 0.5) is 0 Å². The molecule has 0 bridgehead atoms. The van der Waals surface area contributed by atoms with Crippen molar-refractivity contribution in [1.82, 2.24) is 5.32 Å². The van der Waals surface area contributed by atoms with Crippen LogP contribution in [0.5, 0.6) is 0 Å². The summed E-state index contributed by atoms with van der Waals surface area (Å²) in [6.45, 7) is 0. The van der Waals surface area contributed by atoms with E-state index in [0.717, 1.165) is 0 Å². The van der Waals surface area contributed by atoms with Crippen molar-refractivity contribution in [3.05, 3.63) is 0 Å². The highest BCUT2D eigenvalue weighted by Gasteiger charge is 2.29. The minimum Gasteiger partial charge on any atom is -0.305 e. The molecule has 0 heterocycles. The lowest BCUT2D eigenvalue weighted by Crippen LogP contribution is -2.24. The van der Waals surface area contributed by atoms with Crippen LogP contribution in [0.25, 0.3) is 0 Å². The van der Waals surface area contributed by atoms with E-state index in [-0.39, 0.29) is 6.04 Å². The van der Waals surface area contributed by atoms with Gasteiger partial charge in [0.25, 0.3) is 0 Å². The maximum atomic E-state index is 8.42. The van der Waals surface area contributed by atoms with E-state index in [0.29, 0.717) is 5.92 Å². The van der Waals surface area contributed by atoms with Gasteiger partial charge < -0.3 is 5.32 Å². The summed E-state index contributed by atoms with van der Waals surface area (Å²) in [4.78, 5) is 0. The molecule has 0 aromatic heterocycles. The highest BCUT2D eigenvalue weighted by atomic mass is 14.9. The number of hydrogen-bond acceptors (Lipinski definition) is 2. The summed E-state index contributed by atoms with van der Waals surface area (Å²) in [5, 5.41) is 11.4. The van der Waals surface area contributed by atoms with Crippen molar-refractivity contribution in [3.8, 4) is 6.07 Å². The lowest BCUT2D eigenvalue weighted by Gasteiger charge is -2.01. The lowest BCUT2D eigenvalue weighted by atomic mass is 10.2. The average molecular weight is 110 g/mol. The third kappa shape index (κ3) is 0.988. The molecular formula is C6H10N2. The van der Waals surface area contributed by atoms with Gasteiger partial charge in [-0.1, -0.05) is 0 Å². The normalized spacial score (nSPS) is 22.0. The molecule has 1 rings (SSSR count). The van der Waals surface area contributed by atoms with Gasteiger partial charge in [-0.25, -0.2) is 0 Å².